The van der Waals surface area contributed by atoms with E-state index in [2.05, 4.69) is 29.9 Å². The van der Waals surface area contributed by atoms with E-state index in [-0.39, 0.29) is 11.4 Å². The minimum absolute atomic E-state index is 0.0819. The second kappa shape index (κ2) is 11.9. The van der Waals surface area contributed by atoms with Crippen molar-refractivity contribution in [3.8, 4) is 34.5 Å². The molecule has 4 rings (SSSR count). The predicted octanol–water partition coefficient (Wildman–Crippen LogP) is 4.29. The Kier molecular flexibility index (Phi) is 8.41. The number of hydrogen-bond acceptors (Lipinski definition) is 11. The molecule has 0 spiro atoms. The lowest BCUT2D eigenvalue weighted by Crippen LogP contribution is -2.18. The van der Waals surface area contributed by atoms with Crippen molar-refractivity contribution in [3.05, 3.63) is 60.3 Å². The molecule has 3 aromatic heterocycles. The van der Waals surface area contributed by atoms with Gasteiger partial charge in [0.05, 0.1) is 44.7 Å². The summed E-state index contributed by atoms with van der Waals surface area (Å²) in [7, 11) is 6.41. The van der Waals surface area contributed by atoms with Crippen LogP contribution in [0.5, 0.6) is 17.4 Å². The first-order valence-electron chi connectivity index (χ1n) is 11.4. The molecule has 1 aromatic carbocycles. The van der Waals surface area contributed by atoms with Gasteiger partial charge in [0.2, 0.25) is 11.8 Å². The van der Waals surface area contributed by atoms with Crippen LogP contribution in [0.4, 0.5) is 5.95 Å². The van der Waals surface area contributed by atoms with Crippen molar-refractivity contribution >= 4 is 17.9 Å². The molecule has 0 fully saturated rings. The van der Waals surface area contributed by atoms with Crippen LogP contribution in [-0.4, -0.2) is 63.4 Å². The van der Waals surface area contributed by atoms with Gasteiger partial charge in [0, 0.05) is 25.1 Å². The third kappa shape index (κ3) is 5.59. The topological polar surface area (TPSA) is 118 Å². The van der Waals surface area contributed by atoms with Gasteiger partial charge in [-0.15, -0.1) is 10.2 Å². The Morgan fingerprint density at radius 2 is 1.68 bits per heavy atom. The van der Waals surface area contributed by atoms with E-state index in [0.29, 0.717) is 40.5 Å². The van der Waals surface area contributed by atoms with Crippen molar-refractivity contribution in [1.82, 2.24) is 29.7 Å². The smallest absolute Gasteiger partial charge is 0.239 e. The molecule has 0 bridgehead atoms. The SMILES string of the molecule is COc1cnc(C(OC)C(C)SNc2nnc(-c3cncc(C)c3)n2-c2c(OC)cccc2OC)cn1. The van der Waals surface area contributed by atoms with Crippen molar-refractivity contribution in [3.63, 3.8) is 0 Å². The molecule has 3 heterocycles. The zero-order chi connectivity index (χ0) is 26.4. The standard InChI is InChI=1S/C25H29N7O4S/c1-15-10-17(12-26-11-15)24-29-30-25(32(24)22-19(33-3)8-7-9-20(22)34-4)31-37-16(2)23(36-6)18-13-28-21(35-5)14-27-18/h7-14,16,23H,1-6H3,(H,30,31). The quantitative estimate of drug-likeness (QED) is 0.284. The van der Waals surface area contributed by atoms with E-state index in [1.165, 1.54) is 11.9 Å². The van der Waals surface area contributed by atoms with Crippen molar-refractivity contribution in [2.45, 2.75) is 25.2 Å². The fourth-order valence-corrected chi connectivity index (χ4v) is 4.61. The molecule has 2 atom stereocenters. The summed E-state index contributed by atoms with van der Waals surface area (Å²) in [4.78, 5) is 13.0. The highest BCUT2D eigenvalue weighted by atomic mass is 32.2. The van der Waals surface area contributed by atoms with Crippen LogP contribution in [0.2, 0.25) is 0 Å². The lowest BCUT2D eigenvalue weighted by atomic mass is 10.2. The third-order valence-corrected chi connectivity index (χ3v) is 6.51. The second-order valence-corrected chi connectivity index (χ2v) is 9.19. The average molecular weight is 524 g/mol. The lowest BCUT2D eigenvalue weighted by Gasteiger charge is -2.22. The molecular formula is C25H29N7O4S. The van der Waals surface area contributed by atoms with E-state index in [1.807, 2.05) is 42.7 Å². The van der Waals surface area contributed by atoms with Gasteiger partial charge in [0.1, 0.15) is 23.3 Å². The summed E-state index contributed by atoms with van der Waals surface area (Å²) in [6, 6.07) is 7.58. The Balaban J connectivity index is 1.71. The first-order chi connectivity index (χ1) is 18.0. The zero-order valence-corrected chi connectivity index (χ0v) is 22.3. The minimum Gasteiger partial charge on any atom is -0.494 e. The van der Waals surface area contributed by atoms with Crippen LogP contribution >= 0.6 is 11.9 Å². The molecule has 0 aliphatic rings. The summed E-state index contributed by atoms with van der Waals surface area (Å²) in [6.07, 6.45) is 6.41. The molecule has 37 heavy (non-hydrogen) atoms. The maximum atomic E-state index is 5.74. The Morgan fingerprint density at radius 1 is 0.919 bits per heavy atom. The van der Waals surface area contributed by atoms with Crippen molar-refractivity contribution in [2.75, 3.05) is 33.2 Å². The largest absolute Gasteiger partial charge is 0.494 e. The number of pyridine rings is 1. The summed E-state index contributed by atoms with van der Waals surface area (Å²) >= 11 is 1.42. The molecular weight excluding hydrogens is 494 g/mol. The van der Waals surface area contributed by atoms with Gasteiger partial charge >= 0.3 is 0 Å². The van der Waals surface area contributed by atoms with Crippen LogP contribution in [0.3, 0.4) is 0 Å². The van der Waals surface area contributed by atoms with Gasteiger partial charge in [-0.3, -0.25) is 19.3 Å². The van der Waals surface area contributed by atoms with E-state index < -0.39 is 0 Å². The Morgan fingerprint density at radius 3 is 2.27 bits per heavy atom. The van der Waals surface area contributed by atoms with Crippen LogP contribution in [-0.2, 0) is 4.74 Å². The Hall–Kier alpha value is -3.90. The summed E-state index contributed by atoms with van der Waals surface area (Å²) in [5.41, 5.74) is 3.15. The van der Waals surface area contributed by atoms with Crippen molar-refractivity contribution < 1.29 is 18.9 Å². The average Bonchev–Trinajstić information content (AvgIpc) is 3.35. The lowest BCUT2D eigenvalue weighted by molar-refractivity contribution is 0.101. The van der Waals surface area contributed by atoms with Gasteiger partial charge in [0.25, 0.3) is 0 Å². The minimum atomic E-state index is -0.339. The first kappa shape index (κ1) is 26.2. The van der Waals surface area contributed by atoms with Gasteiger partial charge in [-0.2, -0.15) is 0 Å². The van der Waals surface area contributed by atoms with Gasteiger partial charge in [0.15, 0.2) is 5.82 Å². The van der Waals surface area contributed by atoms with E-state index >= 15 is 0 Å². The fraction of sp³-hybridized carbons (Fsp3) is 0.320. The second-order valence-electron chi connectivity index (χ2n) is 8.01. The first-order valence-corrected chi connectivity index (χ1v) is 12.3. The Labute approximate surface area is 219 Å². The van der Waals surface area contributed by atoms with E-state index in [9.17, 15) is 0 Å². The van der Waals surface area contributed by atoms with Crippen LogP contribution in [0.25, 0.3) is 17.1 Å². The highest BCUT2D eigenvalue weighted by molar-refractivity contribution is 8.01. The Bertz CT molecular complexity index is 1310. The van der Waals surface area contributed by atoms with Crippen molar-refractivity contribution in [2.24, 2.45) is 0 Å². The molecule has 0 saturated carbocycles. The molecule has 0 saturated heterocycles. The normalized spacial score (nSPS) is 12.6. The molecule has 4 aromatic rings. The zero-order valence-electron chi connectivity index (χ0n) is 21.5. The number of hydrogen-bond donors (Lipinski definition) is 1. The summed E-state index contributed by atoms with van der Waals surface area (Å²) in [5.74, 6) is 2.70. The molecule has 0 radical (unpaired) electrons. The highest BCUT2D eigenvalue weighted by Gasteiger charge is 2.26. The predicted molar refractivity (Wildman–Crippen MR) is 141 cm³/mol. The van der Waals surface area contributed by atoms with Crippen LogP contribution < -0.4 is 18.9 Å². The maximum Gasteiger partial charge on any atom is 0.239 e. The van der Waals surface area contributed by atoms with Crippen LogP contribution in [0.15, 0.2) is 49.1 Å². The summed E-state index contributed by atoms with van der Waals surface area (Å²) < 4.78 is 27.4. The third-order valence-electron chi connectivity index (χ3n) is 5.59. The molecule has 11 nitrogen and oxygen atoms in total. The van der Waals surface area contributed by atoms with Crippen LogP contribution in [0.1, 0.15) is 24.3 Å². The molecule has 0 aliphatic heterocycles. The maximum absolute atomic E-state index is 5.74. The van der Waals surface area contributed by atoms with E-state index in [1.54, 1.807) is 53.2 Å². The van der Waals surface area contributed by atoms with E-state index in [0.717, 1.165) is 11.1 Å². The number of para-hydroxylation sites is 1. The molecule has 194 valence electrons. The number of nitrogens with zero attached hydrogens (tertiary/aromatic N) is 6. The number of rotatable bonds is 11. The highest BCUT2D eigenvalue weighted by Crippen LogP contribution is 2.38. The van der Waals surface area contributed by atoms with Gasteiger partial charge < -0.3 is 18.9 Å². The number of benzene rings is 1. The summed E-state index contributed by atoms with van der Waals surface area (Å²) in [5, 5.41) is 8.87. The number of anilines is 1. The van der Waals surface area contributed by atoms with Crippen molar-refractivity contribution in [1.29, 1.82) is 0 Å². The summed E-state index contributed by atoms with van der Waals surface area (Å²) in [6.45, 7) is 4.00. The number of methoxy groups -OCH3 is 4. The number of nitrogens with one attached hydrogen (secondary N) is 1. The van der Waals surface area contributed by atoms with E-state index in [4.69, 9.17) is 18.9 Å². The number of aryl methyl sites for hydroxylation is 1. The molecule has 12 heteroatoms. The van der Waals surface area contributed by atoms with Gasteiger partial charge in [-0.05, 0) is 49.6 Å². The van der Waals surface area contributed by atoms with Gasteiger partial charge in [-0.25, -0.2) is 4.98 Å². The molecule has 0 aliphatic carbocycles. The number of ether oxygens (including phenoxy) is 4. The van der Waals surface area contributed by atoms with Gasteiger partial charge in [-0.1, -0.05) is 6.07 Å². The monoisotopic (exact) mass is 523 g/mol. The van der Waals surface area contributed by atoms with Crippen LogP contribution in [0, 0.1) is 6.92 Å². The molecule has 1 N–H and O–H groups in total. The molecule has 0 amide bonds. The fourth-order valence-electron chi connectivity index (χ4n) is 3.82. The number of aromatic nitrogens is 6. The molecule has 2 unspecified atom stereocenters.